The molecule has 38 heavy (non-hydrogen) atoms. The van der Waals surface area contributed by atoms with E-state index in [0.29, 0.717) is 22.2 Å². The van der Waals surface area contributed by atoms with E-state index in [1.807, 2.05) is 56.5 Å². The summed E-state index contributed by atoms with van der Waals surface area (Å²) >= 11 is 2.95. The van der Waals surface area contributed by atoms with Crippen LogP contribution in [0.2, 0.25) is 0 Å². The van der Waals surface area contributed by atoms with E-state index < -0.39 is 23.8 Å². The first kappa shape index (κ1) is 27.6. The molecule has 4 aromatic rings. The SMILES string of the molecule is CCCC(=O)c1ccc(-c2sc3c(c2C)c(=O)n(CC(=O)OCC)c(=O)n3Cc2ccccc2SC)cc1. The van der Waals surface area contributed by atoms with Crippen LogP contribution in [0.3, 0.4) is 0 Å². The van der Waals surface area contributed by atoms with E-state index in [-0.39, 0.29) is 18.9 Å². The van der Waals surface area contributed by atoms with Gasteiger partial charge in [-0.15, -0.1) is 23.1 Å². The fourth-order valence-corrected chi connectivity index (χ4v) is 6.37. The number of thiophene rings is 1. The molecule has 0 saturated carbocycles. The number of carbonyl (C=O) groups is 2. The second-order valence-electron chi connectivity index (χ2n) is 8.86. The number of aryl methyl sites for hydroxylation is 1. The highest BCUT2D eigenvalue weighted by Crippen LogP contribution is 2.37. The summed E-state index contributed by atoms with van der Waals surface area (Å²) in [6, 6.07) is 15.2. The number of aromatic nitrogens is 2. The largest absolute Gasteiger partial charge is 0.465 e. The lowest BCUT2D eigenvalue weighted by Crippen LogP contribution is -2.42. The monoisotopic (exact) mass is 550 g/mol. The van der Waals surface area contributed by atoms with Crippen molar-refractivity contribution < 1.29 is 14.3 Å². The third-order valence-corrected chi connectivity index (χ3v) is 8.56. The van der Waals surface area contributed by atoms with Gasteiger partial charge in [0.1, 0.15) is 11.4 Å². The Bertz CT molecular complexity index is 1610. The highest BCUT2D eigenvalue weighted by Gasteiger charge is 2.23. The Morgan fingerprint density at radius 2 is 1.71 bits per heavy atom. The lowest BCUT2D eigenvalue weighted by molar-refractivity contribution is -0.143. The van der Waals surface area contributed by atoms with Gasteiger partial charge in [0.2, 0.25) is 0 Å². The molecule has 0 radical (unpaired) electrons. The average Bonchev–Trinajstić information content (AvgIpc) is 3.26. The summed E-state index contributed by atoms with van der Waals surface area (Å²) < 4.78 is 7.59. The molecule has 0 aliphatic carbocycles. The van der Waals surface area contributed by atoms with E-state index in [1.165, 1.54) is 11.3 Å². The molecule has 2 heterocycles. The van der Waals surface area contributed by atoms with Gasteiger partial charge in [0.25, 0.3) is 5.56 Å². The highest BCUT2D eigenvalue weighted by atomic mass is 32.2. The Balaban J connectivity index is 1.92. The number of carbonyl (C=O) groups excluding carboxylic acids is 2. The van der Waals surface area contributed by atoms with Gasteiger partial charge in [-0.25, -0.2) is 9.36 Å². The van der Waals surface area contributed by atoms with Crippen molar-refractivity contribution in [2.24, 2.45) is 0 Å². The molecular formula is C29H30N2O5S2. The minimum Gasteiger partial charge on any atom is -0.465 e. The molecule has 0 spiro atoms. The van der Waals surface area contributed by atoms with E-state index in [2.05, 4.69) is 0 Å². The first-order chi connectivity index (χ1) is 18.3. The number of esters is 1. The summed E-state index contributed by atoms with van der Waals surface area (Å²) in [4.78, 5) is 54.3. The molecule has 0 aliphatic rings. The molecule has 7 nitrogen and oxygen atoms in total. The average molecular weight is 551 g/mol. The standard InChI is InChI=1S/C29H30N2O5S2/c1-5-9-22(32)19-12-14-20(15-13-19)26-18(3)25-27(34)30(17-24(33)36-6-2)29(35)31(28(25)38-26)16-21-10-7-8-11-23(21)37-4/h7-8,10-15H,5-6,9,16-17H2,1-4H3. The molecule has 198 valence electrons. The Kier molecular flexibility index (Phi) is 8.69. The molecule has 0 aliphatic heterocycles. The Morgan fingerprint density at radius 3 is 2.37 bits per heavy atom. The van der Waals surface area contributed by atoms with Gasteiger partial charge >= 0.3 is 11.7 Å². The number of Topliss-reactive ketones (excluding diaryl/α,β-unsaturated/α-hetero) is 1. The normalized spacial score (nSPS) is 11.2. The van der Waals surface area contributed by atoms with Crippen LogP contribution in [0.15, 0.2) is 63.0 Å². The van der Waals surface area contributed by atoms with Crippen LogP contribution >= 0.6 is 23.1 Å². The Morgan fingerprint density at radius 1 is 1.00 bits per heavy atom. The quantitative estimate of drug-likeness (QED) is 0.147. The molecule has 0 amide bonds. The van der Waals surface area contributed by atoms with Crippen molar-refractivity contribution in [3.63, 3.8) is 0 Å². The van der Waals surface area contributed by atoms with Gasteiger partial charge in [-0.3, -0.25) is 19.0 Å². The molecule has 0 saturated heterocycles. The minimum absolute atomic E-state index is 0.0928. The van der Waals surface area contributed by atoms with Gasteiger partial charge in [0.15, 0.2) is 5.78 Å². The maximum Gasteiger partial charge on any atom is 0.332 e. The van der Waals surface area contributed by atoms with E-state index in [9.17, 15) is 19.2 Å². The molecular weight excluding hydrogens is 520 g/mol. The number of hydrogen-bond acceptors (Lipinski definition) is 7. The molecule has 0 unspecified atom stereocenters. The van der Waals surface area contributed by atoms with Gasteiger partial charge in [0.05, 0.1) is 18.5 Å². The maximum absolute atomic E-state index is 13.7. The van der Waals surface area contributed by atoms with E-state index >= 15 is 0 Å². The van der Waals surface area contributed by atoms with Crippen molar-refractivity contribution >= 4 is 45.1 Å². The number of benzene rings is 2. The van der Waals surface area contributed by atoms with Crippen molar-refractivity contribution in [3.8, 4) is 10.4 Å². The molecule has 9 heteroatoms. The molecule has 2 aromatic carbocycles. The van der Waals surface area contributed by atoms with Crippen molar-refractivity contribution in [1.82, 2.24) is 9.13 Å². The first-order valence-corrected chi connectivity index (χ1v) is 14.5. The third-order valence-electron chi connectivity index (χ3n) is 6.35. The Labute approximate surface area is 229 Å². The van der Waals surface area contributed by atoms with Crippen LogP contribution in [-0.4, -0.2) is 33.7 Å². The van der Waals surface area contributed by atoms with Crippen LogP contribution < -0.4 is 11.2 Å². The summed E-state index contributed by atoms with van der Waals surface area (Å²) in [6.07, 6.45) is 3.25. The summed E-state index contributed by atoms with van der Waals surface area (Å²) in [5.41, 5.74) is 2.11. The lowest BCUT2D eigenvalue weighted by Gasteiger charge is -2.13. The fraction of sp³-hybridized carbons (Fsp3) is 0.310. The lowest BCUT2D eigenvalue weighted by atomic mass is 10.0. The second-order valence-corrected chi connectivity index (χ2v) is 10.7. The van der Waals surface area contributed by atoms with Gasteiger partial charge < -0.3 is 4.74 Å². The zero-order valence-electron chi connectivity index (χ0n) is 21.9. The minimum atomic E-state index is -0.637. The molecule has 4 rings (SSSR count). The van der Waals surface area contributed by atoms with Crippen LogP contribution in [-0.2, 0) is 22.6 Å². The van der Waals surface area contributed by atoms with Gasteiger partial charge in [-0.1, -0.05) is 49.4 Å². The molecule has 0 atom stereocenters. The number of thioether (sulfide) groups is 1. The molecule has 0 N–H and O–H groups in total. The number of fused-ring (bicyclic) bond motifs is 1. The van der Waals surface area contributed by atoms with Crippen molar-refractivity contribution in [2.45, 2.75) is 51.6 Å². The summed E-state index contributed by atoms with van der Waals surface area (Å²) in [5, 5.41) is 0.404. The van der Waals surface area contributed by atoms with Crippen LogP contribution in [0, 0.1) is 6.92 Å². The smallest absolute Gasteiger partial charge is 0.332 e. The number of nitrogens with zero attached hydrogens (tertiary/aromatic N) is 2. The third kappa shape index (κ3) is 5.39. The van der Waals surface area contributed by atoms with Gasteiger partial charge in [0, 0.05) is 21.8 Å². The number of hydrogen-bond donors (Lipinski definition) is 0. The van der Waals surface area contributed by atoms with Gasteiger partial charge in [-0.2, -0.15) is 0 Å². The zero-order valence-corrected chi connectivity index (χ0v) is 23.5. The predicted octanol–water partition coefficient (Wildman–Crippen LogP) is 5.52. The number of ketones is 1. The van der Waals surface area contributed by atoms with Gasteiger partial charge in [-0.05, 0) is 49.3 Å². The highest BCUT2D eigenvalue weighted by molar-refractivity contribution is 7.98. The summed E-state index contributed by atoms with van der Waals surface area (Å²) in [6.45, 7) is 5.45. The second kappa shape index (κ2) is 12.0. The van der Waals surface area contributed by atoms with Crippen molar-refractivity contribution in [2.75, 3.05) is 12.9 Å². The van der Waals surface area contributed by atoms with Crippen molar-refractivity contribution in [3.05, 3.63) is 86.1 Å². The molecule has 2 aromatic heterocycles. The zero-order chi connectivity index (χ0) is 27.4. The Hall–Kier alpha value is -3.43. The van der Waals surface area contributed by atoms with Crippen LogP contribution in [0.4, 0.5) is 0 Å². The maximum atomic E-state index is 13.7. The van der Waals surface area contributed by atoms with Crippen LogP contribution in [0.5, 0.6) is 0 Å². The van der Waals surface area contributed by atoms with E-state index in [1.54, 1.807) is 35.4 Å². The van der Waals surface area contributed by atoms with E-state index in [0.717, 1.165) is 37.5 Å². The first-order valence-electron chi connectivity index (χ1n) is 12.5. The van der Waals surface area contributed by atoms with Crippen LogP contribution in [0.1, 0.15) is 48.2 Å². The number of ether oxygens (including phenoxy) is 1. The summed E-state index contributed by atoms with van der Waals surface area (Å²) in [5.74, 6) is -0.544. The number of rotatable bonds is 10. The fourth-order valence-electron chi connectivity index (χ4n) is 4.47. The van der Waals surface area contributed by atoms with Crippen molar-refractivity contribution in [1.29, 1.82) is 0 Å². The molecule has 0 fully saturated rings. The van der Waals surface area contributed by atoms with E-state index in [4.69, 9.17) is 4.74 Å². The topological polar surface area (TPSA) is 87.4 Å². The summed E-state index contributed by atoms with van der Waals surface area (Å²) in [7, 11) is 0. The van der Waals surface area contributed by atoms with Crippen LogP contribution in [0.25, 0.3) is 20.7 Å². The molecule has 0 bridgehead atoms. The predicted molar refractivity (Wildman–Crippen MR) is 154 cm³/mol.